The fraction of sp³-hybridized carbons (Fsp3) is 0.583. The summed E-state index contributed by atoms with van der Waals surface area (Å²) in [5.41, 5.74) is 0. The van der Waals surface area contributed by atoms with E-state index in [0.717, 1.165) is 6.42 Å². The number of carbonyl (C=O) groups excluding carboxylic acids is 1. The van der Waals surface area contributed by atoms with E-state index in [-0.39, 0.29) is 47.9 Å². The predicted molar refractivity (Wildman–Crippen MR) is 58.0 cm³/mol. The fourth-order valence-electron chi connectivity index (χ4n) is 1.94. The second-order valence-corrected chi connectivity index (χ2v) is 3.97. The third-order valence-electron chi connectivity index (χ3n) is 2.42. The topological polar surface area (TPSA) is 44.8 Å². The van der Waals surface area contributed by atoms with Gasteiger partial charge in [-0.15, -0.1) is 12.8 Å². The summed E-state index contributed by atoms with van der Waals surface area (Å²) in [6, 6.07) is 0. The molecule has 1 fully saturated rings. The number of terminal acetylenes is 1. The smallest absolute Gasteiger partial charge is 0.646 e. The van der Waals surface area contributed by atoms with Crippen molar-refractivity contribution in [3.8, 4) is 12.8 Å². The molecule has 4 nitrogen and oxygen atoms in total. The van der Waals surface area contributed by atoms with E-state index in [1.165, 1.54) is 6.47 Å². The van der Waals surface area contributed by atoms with Gasteiger partial charge < -0.3 is 19.0 Å². The largest absolute Gasteiger partial charge is 1.00 e. The standard InChI is InChI=1S/C10H13O4.C2H2.Na/c1-10(2)13-8-5-3-4-7(12-6-11)9(8)14-10;1-2;/h3-4,7-9H,5H2,1-2H3;1-2H;/q-1;;+1. The summed E-state index contributed by atoms with van der Waals surface area (Å²) in [5.74, 6) is -0.591. The first-order valence-electron chi connectivity index (χ1n) is 5.01. The Kier molecular flexibility index (Phi) is 7.07. The molecule has 3 unspecified atom stereocenters. The van der Waals surface area contributed by atoms with E-state index in [1.807, 2.05) is 26.0 Å². The van der Waals surface area contributed by atoms with Gasteiger partial charge in [-0.05, 0) is 26.3 Å². The summed E-state index contributed by atoms with van der Waals surface area (Å²) in [6.07, 6.45) is 12.0. The second-order valence-electron chi connectivity index (χ2n) is 3.97. The van der Waals surface area contributed by atoms with Gasteiger partial charge in [0.2, 0.25) is 0 Å². The molecule has 0 bridgehead atoms. The van der Waals surface area contributed by atoms with Gasteiger partial charge >= 0.3 is 29.6 Å². The van der Waals surface area contributed by atoms with Crippen LogP contribution in [0, 0.1) is 12.8 Å². The molecule has 0 saturated carbocycles. The van der Waals surface area contributed by atoms with Crippen LogP contribution in [0.1, 0.15) is 20.3 Å². The van der Waals surface area contributed by atoms with Crippen LogP contribution in [-0.4, -0.2) is 30.6 Å². The van der Waals surface area contributed by atoms with E-state index in [2.05, 4.69) is 12.8 Å². The Morgan fingerprint density at radius 3 is 2.65 bits per heavy atom. The molecule has 5 heteroatoms. The molecular formula is C12H15NaO4. The van der Waals surface area contributed by atoms with Gasteiger partial charge in [-0.1, -0.05) is 12.5 Å². The maximum Gasteiger partial charge on any atom is 1.00 e. The molecule has 88 valence electrons. The van der Waals surface area contributed by atoms with Gasteiger partial charge in [-0.25, -0.2) is 0 Å². The quantitative estimate of drug-likeness (QED) is 0.249. The van der Waals surface area contributed by atoms with E-state index in [9.17, 15) is 4.79 Å². The molecule has 0 aromatic rings. The minimum Gasteiger partial charge on any atom is -0.646 e. The van der Waals surface area contributed by atoms with Crippen molar-refractivity contribution in [1.82, 2.24) is 0 Å². The summed E-state index contributed by atoms with van der Waals surface area (Å²) >= 11 is 0. The minimum absolute atomic E-state index is 0. The van der Waals surface area contributed by atoms with Gasteiger partial charge in [-0.2, -0.15) is 0 Å². The third-order valence-corrected chi connectivity index (χ3v) is 2.42. The molecule has 1 aliphatic heterocycles. The fourth-order valence-corrected chi connectivity index (χ4v) is 1.94. The molecule has 2 rings (SSSR count). The number of rotatable bonds is 2. The molecule has 0 aromatic carbocycles. The summed E-state index contributed by atoms with van der Waals surface area (Å²) in [5, 5.41) is 0. The van der Waals surface area contributed by atoms with Crippen LogP contribution < -0.4 is 29.6 Å². The van der Waals surface area contributed by atoms with E-state index >= 15 is 0 Å². The van der Waals surface area contributed by atoms with Crippen molar-refractivity contribution < 1.29 is 48.6 Å². The van der Waals surface area contributed by atoms with Crippen molar-refractivity contribution in [2.45, 2.75) is 44.4 Å². The normalized spacial score (nSPS) is 32.4. The van der Waals surface area contributed by atoms with Crippen molar-refractivity contribution >= 4 is 6.47 Å². The molecule has 0 aromatic heterocycles. The number of ether oxygens (including phenoxy) is 3. The zero-order valence-corrected chi connectivity index (χ0v) is 12.4. The summed E-state index contributed by atoms with van der Waals surface area (Å²) in [6.45, 7) is 5.15. The van der Waals surface area contributed by atoms with Crippen molar-refractivity contribution in [2.75, 3.05) is 0 Å². The Balaban J connectivity index is 0.000000811. The van der Waals surface area contributed by atoms with Gasteiger partial charge in [0.05, 0.1) is 6.10 Å². The Hall–Kier alpha value is -0.310. The number of hydrogen-bond acceptors (Lipinski definition) is 4. The van der Waals surface area contributed by atoms with Crippen LogP contribution in [0.15, 0.2) is 12.2 Å². The minimum atomic E-state index is -0.591. The zero-order valence-electron chi connectivity index (χ0n) is 10.4. The van der Waals surface area contributed by atoms with Crippen LogP contribution in [-0.2, 0) is 19.0 Å². The molecule has 2 aliphatic rings. The van der Waals surface area contributed by atoms with E-state index in [4.69, 9.17) is 14.2 Å². The Labute approximate surface area is 124 Å². The Morgan fingerprint density at radius 1 is 1.41 bits per heavy atom. The van der Waals surface area contributed by atoms with E-state index in [1.54, 1.807) is 0 Å². The molecule has 0 radical (unpaired) electrons. The number of fused-ring (bicyclic) bond motifs is 1. The first-order valence-corrected chi connectivity index (χ1v) is 5.01. The predicted octanol–water partition coefficient (Wildman–Crippen LogP) is -1.83. The van der Waals surface area contributed by atoms with Gasteiger partial charge in [-0.3, -0.25) is 0 Å². The molecule has 1 heterocycles. The van der Waals surface area contributed by atoms with Crippen LogP contribution in [0.3, 0.4) is 0 Å². The molecule has 1 saturated heterocycles. The third kappa shape index (κ3) is 4.13. The van der Waals surface area contributed by atoms with E-state index in [0.29, 0.717) is 0 Å². The zero-order chi connectivity index (χ0) is 12.2. The summed E-state index contributed by atoms with van der Waals surface area (Å²) < 4.78 is 16.1. The SMILES string of the molecule is C#C.CC1(C)OC2CC=CC(O[C-]=O)C2O1.[Na+]. The van der Waals surface area contributed by atoms with Crippen LogP contribution in [0.25, 0.3) is 0 Å². The van der Waals surface area contributed by atoms with E-state index < -0.39 is 5.79 Å². The van der Waals surface area contributed by atoms with Crippen LogP contribution in [0.2, 0.25) is 0 Å². The molecule has 17 heavy (non-hydrogen) atoms. The van der Waals surface area contributed by atoms with Crippen molar-refractivity contribution in [3.05, 3.63) is 12.2 Å². The molecule has 0 spiro atoms. The van der Waals surface area contributed by atoms with Crippen molar-refractivity contribution in [1.29, 1.82) is 0 Å². The average Bonchev–Trinajstić information content (AvgIpc) is 2.57. The van der Waals surface area contributed by atoms with Gasteiger partial charge in [0.25, 0.3) is 0 Å². The molecule has 3 atom stereocenters. The molecular weight excluding hydrogens is 231 g/mol. The van der Waals surface area contributed by atoms with Gasteiger partial charge in [0, 0.05) is 0 Å². The van der Waals surface area contributed by atoms with Crippen LogP contribution >= 0.6 is 0 Å². The van der Waals surface area contributed by atoms with Gasteiger partial charge in [0.15, 0.2) is 5.79 Å². The van der Waals surface area contributed by atoms with Crippen molar-refractivity contribution in [3.63, 3.8) is 0 Å². The summed E-state index contributed by atoms with van der Waals surface area (Å²) in [4.78, 5) is 10.1. The first kappa shape index (κ1) is 16.7. The number of hydrogen-bond donors (Lipinski definition) is 0. The summed E-state index contributed by atoms with van der Waals surface area (Å²) in [7, 11) is 0. The molecule has 0 N–H and O–H groups in total. The Morgan fingerprint density at radius 2 is 2.06 bits per heavy atom. The molecule has 1 aliphatic carbocycles. The maximum atomic E-state index is 10.1. The molecule has 0 amide bonds. The first-order chi connectivity index (χ1) is 7.62. The van der Waals surface area contributed by atoms with Gasteiger partial charge in [0.1, 0.15) is 12.2 Å². The maximum absolute atomic E-state index is 10.1. The Bertz CT molecular complexity index is 298. The monoisotopic (exact) mass is 246 g/mol. The van der Waals surface area contributed by atoms with Crippen LogP contribution in [0.4, 0.5) is 0 Å². The van der Waals surface area contributed by atoms with Crippen molar-refractivity contribution in [2.24, 2.45) is 0 Å². The average molecular weight is 246 g/mol. The second kappa shape index (κ2) is 7.20. The van der Waals surface area contributed by atoms with Crippen LogP contribution in [0.5, 0.6) is 0 Å².